The monoisotopic (exact) mass is 881 g/mol. The van der Waals surface area contributed by atoms with Crippen molar-refractivity contribution < 1.29 is 8.83 Å². The van der Waals surface area contributed by atoms with Crippen LogP contribution in [0.4, 0.5) is 17.1 Å². The van der Waals surface area contributed by atoms with Gasteiger partial charge in [0.2, 0.25) is 0 Å². The van der Waals surface area contributed by atoms with Crippen LogP contribution in [0.2, 0.25) is 0 Å². The minimum atomic E-state index is 0.872. The van der Waals surface area contributed by atoms with Crippen LogP contribution in [0, 0.1) is 0 Å². The van der Waals surface area contributed by atoms with Gasteiger partial charge in [0.25, 0.3) is 0 Å². The van der Waals surface area contributed by atoms with Gasteiger partial charge in [-0.05, 0) is 146 Å². The molecule has 0 unspecified atom stereocenters. The fourth-order valence-corrected chi connectivity index (χ4v) is 9.99. The second-order valence-corrected chi connectivity index (χ2v) is 17.7. The summed E-state index contributed by atoms with van der Waals surface area (Å²) in [5.74, 6) is 0. The summed E-state index contributed by atoms with van der Waals surface area (Å²) in [6.45, 7) is 0. The Hall–Kier alpha value is -9.18. The van der Waals surface area contributed by atoms with E-state index >= 15 is 0 Å². The lowest BCUT2D eigenvalue weighted by molar-refractivity contribution is 0.668. The Bertz CT molecular complexity index is 3900. The molecule has 0 saturated heterocycles. The number of hydrogen-bond acceptors (Lipinski definition) is 3. The van der Waals surface area contributed by atoms with Crippen LogP contribution in [-0.2, 0) is 0 Å². The first-order valence-electron chi connectivity index (χ1n) is 23.5. The molecule has 0 aliphatic carbocycles. The highest BCUT2D eigenvalue weighted by Crippen LogP contribution is 2.42. The van der Waals surface area contributed by atoms with Crippen molar-refractivity contribution in [3.8, 4) is 66.8 Å². The molecule has 0 amide bonds. The fourth-order valence-electron chi connectivity index (χ4n) is 9.99. The number of anilines is 3. The van der Waals surface area contributed by atoms with Gasteiger partial charge in [0.1, 0.15) is 22.3 Å². The van der Waals surface area contributed by atoms with Gasteiger partial charge in [0.05, 0.1) is 0 Å². The van der Waals surface area contributed by atoms with E-state index in [1.807, 2.05) is 24.3 Å². The number of furan rings is 2. The third kappa shape index (κ3) is 7.43. The van der Waals surface area contributed by atoms with Gasteiger partial charge in [-0.1, -0.05) is 182 Å². The van der Waals surface area contributed by atoms with Crippen LogP contribution in [0.15, 0.2) is 270 Å². The van der Waals surface area contributed by atoms with Gasteiger partial charge in [0.15, 0.2) is 0 Å². The number of benzene rings is 11. The molecule has 0 bridgehead atoms. The van der Waals surface area contributed by atoms with Gasteiger partial charge in [-0.25, -0.2) is 0 Å². The van der Waals surface area contributed by atoms with Gasteiger partial charge in [-0.3, -0.25) is 0 Å². The lowest BCUT2D eigenvalue weighted by atomic mass is 9.90. The van der Waals surface area contributed by atoms with Crippen LogP contribution in [0.3, 0.4) is 0 Å². The predicted molar refractivity (Wildman–Crippen MR) is 288 cm³/mol. The topological polar surface area (TPSA) is 29.5 Å². The molecule has 11 aromatic carbocycles. The van der Waals surface area contributed by atoms with Crippen LogP contribution in [0.1, 0.15) is 0 Å². The molecular weight excluding hydrogens is 839 g/mol. The molecule has 324 valence electrons. The summed E-state index contributed by atoms with van der Waals surface area (Å²) in [5.41, 5.74) is 20.5. The van der Waals surface area contributed by atoms with E-state index in [0.29, 0.717) is 0 Å². The smallest absolute Gasteiger partial charge is 0.136 e. The van der Waals surface area contributed by atoms with Gasteiger partial charge in [-0.2, -0.15) is 0 Å². The number of nitrogens with zero attached hydrogens (tertiary/aromatic N) is 1. The third-order valence-electron chi connectivity index (χ3n) is 13.5. The number of para-hydroxylation sites is 2. The lowest BCUT2D eigenvalue weighted by Crippen LogP contribution is -2.10. The number of fused-ring (bicyclic) bond motifs is 6. The minimum Gasteiger partial charge on any atom is -0.456 e. The normalized spacial score (nSPS) is 11.5. The van der Waals surface area contributed by atoms with Crippen LogP contribution in [0.25, 0.3) is 111 Å². The van der Waals surface area contributed by atoms with Gasteiger partial charge in [0, 0.05) is 38.6 Å². The van der Waals surface area contributed by atoms with Gasteiger partial charge < -0.3 is 13.7 Å². The molecule has 0 atom stereocenters. The highest BCUT2D eigenvalue weighted by atomic mass is 16.3. The summed E-state index contributed by atoms with van der Waals surface area (Å²) in [6.07, 6.45) is 0. The average molecular weight is 882 g/mol. The molecule has 2 heterocycles. The van der Waals surface area contributed by atoms with Crippen molar-refractivity contribution in [3.63, 3.8) is 0 Å². The maximum atomic E-state index is 6.43. The molecule has 0 saturated carbocycles. The van der Waals surface area contributed by atoms with Crippen molar-refractivity contribution in [1.82, 2.24) is 0 Å². The average Bonchev–Trinajstić information content (AvgIpc) is 4.00. The molecule has 0 aliphatic heterocycles. The van der Waals surface area contributed by atoms with E-state index in [0.717, 1.165) is 105 Å². The van der Waals surface area contributed by atoms with Crippen LogP contribution >= 0.6 is 0 Å². The molecule has 0 radical (unpaired) electrons. The SMILES string of the molecule is c1ccc(-c2ccc(N(c3ccc(-c4ccccc4)cc3)c3cccc(-c4ccc(-c5ccc(-c6ccc7c(c6)oc6ccccc67)cc5-c5ccc6c(c5)oc5ccccc56)cc4)c3)cc2)cc1. The summed E-state index contributed by atoms with van der Waals surface area (Å²) in [7, 11) is 0. The summed E-state index contributed by atoms with van der Waals surface area (Å²) >= 11 is 0. The van der Waals surface area contributed by atoms with E-state index in [9.17, 15) is 0 Å². The third-order valence-corrected chi connectivity index (χ3v) is 13.5. The molecule has 2 aromatic heterocycles. The molecule has 0 fully saturated rings. The Morgan fingerprint density at radius 2 is 0.594 bits per heavy atom. The van der Waals surface area contributed by atoms with E-state index in [1.54, 1.807) is 0 Å². The molecule has 13 aromatic rings. The van der Waals surface area contributed by atoms with E-state index in [4.69, 9.17) is 8.83 Å². The molecular formula is C66H43NO2. The summed E-state index contributed by atoms with van der Waals surface area (Å²) in [5, 5.41) is 4.48. The highest BCUT2D eigenvalue weighted by molar-refractivity contribution is 6.07. The maximum Gasteiger partial charge on any atom is 0.136 e. The summed E-state index contributed by atoms with van der Waals surface area (Å²) in [6, 6.07) is 93.2. The molecule has 3 heteroatoms. The molecule has 3 nitrogen and oxygen atoms in total. The summed E-state index contributed by atoms with van der Waals surface area (Å²) < 4.78 is 12.8. The van der Waals surface area contributed by atoms with E-state index < -0.39 is 0 Å². The van der Waals surface area contributed by atoms with Crippen molar-refractivity contribution in [1.29, 1.82) is 0 Å². The Morgan fingerprint density at radius 1 is 0.203 bits per heavy atom. The predicted octanol–water partition coefficient (Wildman–Crippen LogP) is 19.0. The number of hydrogen-bond donors (Lipinski definition) is 0. The van der Waals surface area contributed by atoms with Crippen molar-refractivity contribution in [2.45, 2.75) is 0 Å². The molecule has 13 rings (SSSR count). The number of rotatable bonds is 9. The Labute approximate surface area is 400 Å². The quantitative estimate of drug-likeness (QED) is 0.145. The maximum absolute atomic E-state index is 6.43. The second kappa shape index (κ2) is 16.9. The fraction of sp³-hybridized carbons (Fsp3) is 0. The van der Waals surface area contributed by atoms with E-state index in [2.05, 4.69) is 241 Å². The van der Waals surface area contributed by atoms with Crippen LogP contribution < -0.4 is 4.90 Å². The summed E-state index contributed by atoms with van der Waals surface area (Å²) in [4.78, 5) is 2.35. The Balaban J connectivity index is 0.876. The van der Waals surface area contributed by atoms with E-state index in [1.165, 1.54) is 22.3 Å². The largest absolute Gasteiger partial charge is 0.456 e. The van der Waals surface area contributed by atoms with Crippen LogP contribution in [0.5, 0.6) is 0 Å². The molecule has 0 aliphatic rings. The van der Waals surface area contributed by atoms with Crippen molar-refractivity contribution in [2.75, 3.05) is 4.90 Å². The van der Waals surface area contributed by atoms with Crippen molar-refractivity contribution >= 4 is 60.9 Å². The van der Waals surface area contributed by atoms with E-state index in [-0.39, 0.29) is 0 Å². The first-order chi connectivity index (χ1) is 34.2. The van der Waals surface area contributed by atoms with Crippen molar-refractivity contribution in [3.05, 3.63) is 261 Å². The first kappa shape index (κ1) is 40.1. The zero-order valence-corrected chi connectivity index (χ0v) is 37.6. The van der Waals surface area contributed by atoms with Crippen molar-refractivity contribution in [2.24, 2.45) is 0 Å². The zero-order chi connectivity index (χ0) is 45.7. The molecule has 69 heavy (non-hydrogen) atoms. The minimum absolute atomic E-state index is 0.872. The zero-order valence-electron chi connectivity index (χ0n) is 37.6. The van der Waals surface area contributed by atoms with Gasteiger partial charge in [-0.15, -0.1) is 0 Å². The molecule has 0 N–H and O–H groups in total. The Morgan fingerprint density at radius 3 is 1.19 bits per heavy atom. The standard InChI is InChI=1S/C66H43NO2/c1-3-12-44(13-4-1)46-26-33-54(34-27-46)67(55-35-28-47(29-36-55)45-14-5-2-6-15-45)56-17-11-16-50(40-56)48-22-24-49(25-23-48)57-37-30-51(52-31-38-60-58-18-7-9-20-63(58)68-65(60)42-52)41-62(57)53-32-39-61-59-19-8-10-21-64(59)69-66(61)43-53/h1-43H. The first-order valence-corrected chi connectivity index (χ1v) is 23.5. The van der Waals surface area contributed by atoms with Crippen LogP contribution in [-0.4, -0.2) is 0 Å². The Kier molecular flexibility index (Phi) is 9.84. The second-order valence-electron chi connectivity index (χ2n) is 17.7. The lowest BCUT2D eigenvalue weighted by Gasteiger charge is -2.26. The van der Waals surface area contributed by atoms with Gasteiger partial charge >= 0.3 is 0 Å². The highest BCUT2D eigenvalue weighted by Gasteiger charge is 2.17. The molecule has 0 spiro atoms.